The number of aromatic nitrogens is 4. The Morgan fingerprint density at radius 3 is 2.45 bits per heavy atom. The summed E-state index contributed by atoms with van der Waals surface area (Å²) < 4.78 is 4.18. The van der Waals surface area contributed by atoms with Crippen LogP contribution in [0.25, 0.3) is 11.2 Å². The van der Waals surface area contributed by atoms with Crippen LogP contribution >= 0.6 is 11.6 Å². The predicted molar refractivity (Wildman–Crippen MR) is 84.1 cm³/mol. The SMILES string of the molecule is CCc1nn(C)c2c1nc(CCl)n2CC(C)(C)C(C)C. The minimum atomic E-state index is 0.186. The van der Waals surface area contributed by atoms with Gasteiger partial charge in [0.15, 0.2) is 5.65 Å². The van der Waals surface area contributed by atoms with E-state index in [-0.39, 0.29) is 5.41 Å². The number of imidazole rings is 1. The average molecular weight is 297 g/mol. The van der Waals surface area contributed by atoms with Gasteiger partial charge in [0.2, 0.25) is 0 Å². The fourth-order valence-electron chi connectivity index (χ4n) is 2.38. The van der Waals surface area contributed by atoms with Gasteiger partial charge < -0.3 is 4.57 Å². The zero-order chi connectivity index (χ0) is 15.1. The van der Waals surface area contributed by atoms with Gasteiger partial charge in [-0.2, -0.15) is 5.10 Å². The molecule has 2 heterocycles. The van der Waals surface area contributed by atoms with E-state index in [1.165, 1.54) is 0 Å². The highest BCUT2D eigenvalue weighted by molar-refractivity contribution is 6.16. The normalized spacial score (nSPS) is 12.8. The predicted octanol–water partition coefficient (Wildman–Crippen LogP) is 3.75. The summed E-state index contributed by atoms with van der Waals surface area (Å²) >= 11 is 6.10. The third-order valence-electron chi connectivity index (χ3n) is 4.45. The molecule has 0 unspecified atom stereocenters. The van der Waals surface area contributed by atoms with E-state index in [0.29, 0.717) is 11.8 Å². The van der Waals surface area contributed by atoms with E-state index in [1.807, 2.05) is 11.7 Å². The summed E-state index contributed by atoms with van der Waals surface area (Å²) in [6.45, 7) is 12.1. The van der Waals surface area contributed by atoms with Gasteiger partial charge in [0.1, 0.15) is 11.3 Å². The Kier molecular flexibility index (Phi) is 4.14. The van der Waals surface area contributed by atoms with Crippen molar-refractivity contribution >= 4 is 22.8 Å². The lowest BCUT2D eigenvalue weighted by Gasteiger charge is -2.30. The first-order chi connectivity index (χ1) is 9.31. The Hall–Kier alpha value is -1.03. The maximum Gasteiger partial charge on any atom is 0.158 e. The topological polar surface area (TPSA) is 35.6 Å². The second kappa shape index (κ2) is 5.40. The number of aryl methyl sites for hydroxylation is 2. The second-order valence-electron chi connectivity index (χ2n) is 6.49. The molecule has 0 aliphatic rings. The number of fused-ring (bicyclic) bond motifs is 1. The molecule has 0 fully saturated rings. The number of hydrogen-bond acceptors (Lipinski definition) is 2. The second-order valence-corrected chi connectivity index (χ2v) is 6.75. The lowest BCUT2D eigenvalue weighted by molar-refractivity contribution is 0.210. The first-order valence-electron chi connectivity index (χ1n) is 7.28. The number of alkyl halides is 1. The van der Waals surface area contributed by atoms with Gasteiger partial charge in [-0.25, -0.2) is 4.98 Å². The molecule has 2 aromatic rings. The van der Waals surface area contributed by atoms with Crippen LogP contribution in [0.2, 0.25) is 0 Å². The lowest BCUT2D eigenvalue weighted by Crippen LogP contribution is -2.27. The zero-order valence-corrected chi connectivity index (χ0v) is 14.1. The number of hydrogen-bond donors (Lipinski definition) is 0. The molecule has 0 N–H and O–H groups in total. The highest BCUT2D eigenvalue weighted by atomic mass is 35.5. The van der Waals surface area contributed by atoms with Crippen LogP contribution in [0.4, 0.5) is 0 Å². The van der Waals surface area contributed by atoms with E-state index in [9.17, 15) is 0 Å². The fourth-order valence-corrected chi connectivity index (χ4v) is 2.59. The van der Waals surface area contributed by atoms with Crippen molar-refractivity contribution in [2.24, 2.45) is 18.4 Å². The molecule has 0 spiro atoms. The maximum atomic E-state index is 6.10. The molecule has 0 amide bonds. The summed E-state index contributed by atoms with van der Waals surface area (Å²) in [6, 6.07) is 0. The molecule has 0 atom stereocenters. The van der Waals surface area contributed by atoms with Gasteiger partial charge >= 0.3 is 0 Å². The standard InChI is InChI=1S/C15H25ClN4/c1-7-11-13-14(19(6)18-11)20(12(8-16)17-13)9-15(4,5)10(2)3/h10H,7-9H2,1-6H3. The average Bonchev–Trinajstić information content (AvgIpc) is 2.87. The minimum absolute atomic E-state index is 0.186. The zero-order valence-electron chi connectivity index (χ0n) is 13.4. The Morgan fingerprint density at radius 1 is 1.30 bits per heavy atom. The van der Waals surface area contributed by atoms with Gasteiger partial charge in [-0.1, -0.05) is 34.6 Å². The summed E-state index contributed by atoms with van der Waals surface area (Å²) in [4.78, 5) is 4.71. The molecule has 0 saturated carbocycles. The first-order valence-corrected chi connectivity index (χ1v) is 7.82. The molecule has 0 aliphatic carbocycles. The molecule has 0 aliphatic heterocycles. The molecular formula is C15H25ClN4. The van der Waals surface area contributed by atoms with E-state index in [2.05, 4.69) is 44.3 Å². The van der Waals surface area contributed by atoms with Gasteiger partial charge in [-0.3, -0.25) is 4.68 Å². The van der Waals surface area contributed by atoms with Crippen LogP contribution in [0.1, 0.15) is 46.1 Å². The number of rotatable bonds is 5. The van der Waals surface area contributed by atoms with E-state index in [4.69, 9.17) is 16.6 Å². The number of nitrogens with zero attached hydrogens (tertiary/aromatic N) is 4. The van der Waals surface area contributed by atoms with Crippen LogP contribution in [0, 0.1) is 11.3 Å². The molecule has 112 valence electrons. The summed E-state index contributed by atoms with van der Waals surface area (Å²) in [5.41, 5.74) is 3.33. The molecule has 2 rings (SSSR count). The van der Waals surface area contributed by atoms with Crippen LogP contribution < -0.4 is 0 Å². The molecule has 0 radical (unpaired) electrons. The van der Waals surface area contributed by atoms with Crippen molar-refractivity contribution in [2.75, 3.05) is 0 Å². The highest BCUT2D eigenvalue weighted by Crippen LogP contribution is 2.31. The Morgan fingerprint density at radius 2 is 1.95 bits per heavy atom. The van der Waals surface area contributed by atoms with Crippen molar-refractivity contribution in [3.05, 3.63) is 11.5 Å². The van der Waals surface area contributed by atoms with Gasteiger partial charge in [-0.15, -0.1) is 11.6 Å². The van der Waals surface area contributed by atoms with E-state index >= 15 is 0 Å². The third kappa shape index (κ3) is 2.46. The molecule has 4 nitrogen and oxygen atoms in total. The Labute approximate surface area is 126 Å². The molecule has 0 saturated heterocycles. The van der Waals surface area contributed by atoms with Crippen LogP contribution in [-0.4, -0.2) is 19.3 Å². The van der Waals surface area contributed by atoms with E-state index in [0.717, 1.165) is 35.6 Å². The lowest BCUT2D eigenvalue weighted by atomic mass is 9.81. The third-order valence-corrected chi connectivity index (χ3v) is 4.69. The van der Waals surface area contributed by atoms with Gasteiger partial charge in [-0.05, 0) is 17.8 Å². The Bertz CT molecular complexity index is 607. The summed E-state index contributed by atoms with van der Waals surface area (Å²) in [6.07, 6.45) is 0.893. The molecule has 0 aromatic carbocycles. The van der Waals surface area contributed by atoms with Crippen molar-refractivity contribution in [1.29, 1.82) is 0 Å². The van der Waals surface area contributed by atoms with Crippen LogP contribution in [0.3, 0.4) is 0 Å². The summed E-state index contributed by atoms with van der Waals surface area (Å²) in [5, 5.41) is 4.57. The van der Waals surface area contributed by atoms with Gasteiger partial charge in [0.25, 0.3) is 0 Å². The quantitative estimate of drug-likeness (QED) is 0.788. The van der Waals surface area contributed by atoms with Gasteiger partial charge in [0, 0.05) is 13.6 Å². The molecule has 20 heavy (non-hydrogen) atoms. The van der Waals surface area contributed by atoms with Gasteiger partial charge in [0.05, 0.1) is 11.6 Å². The number of halogens is 1. The van der Waals surface area contributed by atoms with Crippen LogP contribution in [0.5, 0.6) is 0 Å². The first kappa shape index (κ1) is 15.4. The largest absolute Gasteiger partial charge is 0.311 e. The van der Waals surface area contributed by atoms with Crippen LogP contribution in [-0.2, 0) is 25.9 Å². The smallest absolute Gasteiger partial charge is 0.158 e. The molecule has 5 heteroatoms. The molecule has 2 aromatic heterocycles. The fraction of sp³-hybridized carbons (Fsp3) is 0.733. The van der Waals surface area contributed by atoms with Crippen molar-refractivity contribution in [3.63, 3.8) is 0 Å². The van der Waals surface area contributed by atoms with Crippen molar-refractivity contribution in [3.8, 4) is 0 Å². The van der Waals surface area contributed by atoms with Crippen LogP contribution in [0.15, 0.2) is 0 Å². The monoisotopic (exact) mass is 296 g/mol. The highest BCUT2D eigenvalue weighted by Gasteiger charge is 2.27. The summed E-state index contributed by atoms with van der Waals surface area (Å²) in [7, 11) is 1.99. The van der Waals surface area contributed by atoms with Crippen molar-refractivity contribution in [1.82, 2.24) is 19.3 Å². The maximum absolute atomic E-state index is 6.10. The molecule has 0 bridgehead atoms. The van der Waals surface area contributed by atoms with Crippen molar-refractivity contribution in [2.45, 2.75) is 53.5 Å². The minimum Gasteiger partial charge on any atom is -0.311 e. The summed E-state index contributed by atoms with van der Waals surface area (Å²) in [5.74, 6) is 1.96. The van der Waals surface area contributed by atoms with E-state index < -0.39 is 0 Å². The molecular weight excluding hydrogens is 272 g/mol. The Balaban J connectivity index is 2.59. The van der Waals surface area contributed by atoms with E-state index in [1.54, 1.807) is 0 Å². The van der Waals surface area contributed by atoms with Crippen molar-refractivity contribution < 1.29 is 0 Å².